The molecule has 8 heteroatoms. The molecular formula is C22H21ClN4O3. The molecule has 1 fully saturated rings. The van der Waals surface area contributed by atoms with E-state index >= 15 is 0 Å². The number of ether oxygens (including phenoxy) is 1. The van der Waals surface area contributed by atoms with Crippen molar-refractivity contribution in [2.45, 2.75) is 31.4 Å². The van der Waals surface area contributed by atoms with E-state index in [0.717, 1.165) is 23.9 Å². The molecule has 5 rings (SSSR count). The van der Waals surface area contributed by atoms with Crippen LogP contribution < -0.4 is 10.2 Å². The zero-order valence-electron chi connectivity index (χ0n) is 16.3. The van der Waals surface area contributed by atoms with E-state index in [0.29, 0.717) is 29.8 Å². The molecular weight excluding hydrogens is 404 g/mol. The fourth-order valence-corrected chi connectivity index (χ4v) is 4.40. The topological polar surface area (TPSA) is 76.5 Å². The molecule has 2 aliphatic heterocycles. The van der Waals surface area contributed by atoms with E-state index in [1.807, 2.05) is 28.8 Å². The van der Waals surface area contributed by atoms with Gasteiger partial charge in [0.15, 0.2) is 0 Å². The Hall–Kier alpha value is -2.90. The number of aromatic nitrogens is 2. The van der Waals surface area contributed by atoms with E-state index in [1.54, 1.807) is 29.2 Å². The van der Waals surface area contributed by atoms with Crippen LogP contribution in [0.3, 0.4) is 0 Å². The Bertz CT molecular complexity index is 1120. The van der Waals surface area contributed by atoms with Crippen molar-refractivity contribution in [3.63, 3.8) is 0 Å². The number of carbonyl (C=O) groups is 2. The molecule has 154 valence electrons. The van der Waals surface area contributed by atoms with E-state index in [-0.39, 0.29) is 24.3 Å². The highest BCUT2D eigenvalue weighted by Crippen LogP contribution is 2.37. The molecule has 2 aliphatic rings. The van der Waals surface area contributed by atoms with E-state index in [9.17, 15) is 9.59 Å². The third-order valence-corrected chi connectivity index (χ3v) is 5.81. The van der Waals surface area contributed by atoms with Crippen molar-refractivity contribution in [2.24, 2.45) is 0 Å². The van der Waals surface area contributed by atoms with E-state index < -0.39 is 6.04 Å². The molecule has 7 nitrogen and oxygen atoms in total. The average Bonchev–Trinajstić information content (AvgIpc) is 3.42. The quantitative estimate of drug-likeness (QED) is 0.676. The highest BCUT2D eigenvalue weighted by Gasteiger charge is 2.42. The number of carbonyl (C=O) groups excluding carboxylic acids is 2. The zero-order chi connectivity index (χ0) is 20.7. The maximum atomic E-state index is 13.3. The van der Waals surface area contributed by atoms with Gasteiger partial charge in [0.2, 0.25) is 11.9 Å². The van der Waals surface area contributed by atoms with Gasteiger partial charge < -0.3 is 10.1 Å². The van der Waals surface area contributed by atoms with Gasteiger partial charge in [-0.15, -0.1) is 0 Å². The van der Waals surface area contributed by atoms with Crippen LogP contribution in [0.5, 0.6) is 0 Å². The highest BCUT2D eigenvalue weighted by atomic mass is 35.5. The van der Waals surface area contributed by atoms with Gasteiger partial charge in [0.1, 0.15) is 6.04 Å². The summed E-state index contributed by atoms with van der Waals surface area (Å²) in [6.07, 6.45) is 1.93. The summed E-state index contributed by atoms with van der Waals surface area (Å²) in [4.78, 5) is 32.4. The van der Waals surface area contributed by atoms with Gasteiger partial charge in [0.25, 0.3) is 5.91 Å². The van der Waals surface area contributed by atoms with Gasteiger partial charge in [-0.3, -0.25) is 19.1 Å². The molecule has 0 spiro atoms. The van der Waals surface area contributed by atoms with Crippen LogP contribution in [0, 0.1) is 0 Å². The Kier molecular flexibility index (Phi) is 4.92. The lowest BCUT2D eigenvalue weighted by molar-refractivity contribution is -0.124. The molecule has 0 unspecified atom stereocenters. The van der Waals surface area contributed by atoms with Gasteiger partial charge in [0, 0.05) is 17.3 Å². The standard InChI is InChI=1S/C22H21ClN4O3/c23-14-5-3-6-15(11-14)24-20(28)12-19-21(29)26(13-16-7-4-10-30-16)22-25-17-8-1-2-9-18(17)27(19)22/h1-3,5-6,8-9,11,16,19H,4,7,10,12-13H2,(H,24,28)/t16-,19+/m0/s1. The number of fused-ring (bicyclic) bond motifs is 3. The number of anilines is 2. The van der Waals surface area contributed by atoms with E-state index in [2.05, 4.69) is 10.3 Å². The maximum absolute atomic E-state index is 13.3. The number of nitrogens with one attached hydrogen (secondary N) is 1. The average molecular weight is 425 g/mol. The number of nitrogens with zero attached hydrogens (tertiary/aromatic N) is 3. The largest absolute Gasteiger partial charge is 0.376 e. The van der Waals surface area contributed by atoms with Crippen molar-refractivity contribution in [3.8, 4) is 0 Å². The number of hydrogen-bond acceptors (Lipinski definition) is 4. The van der Waals surface area contributed by atoms with Crippen LogP contribution in [0.4, 0.5) is 11.6 Å². The first-order valence-electron chi connectivity index (χ1n) is 10.1. The fraction of sp³-hybridized carbons (Fsp3) is 0.318. The predicted octanol–water partition coefficient (Wildman–Crippen LogP) is 3.79. The number of halogens is 1. The van der Waals surface area contributed by atoms with Crippen molar-refractivity contribution >= 4 is 46.1 Å². The summed E-state index contributed by atoms with van der Waals surface area (Å²) in [5.74, 6) is 0.204. The summed E-state index contributed by atoms with van der Waals surface area (Å²) in [6.45, 7) is 1.17. The smallest absolute Gasteiger partial charge is 0.253 e. The summed E-state index contributed by atoms with van der Waals surface area (Å²) in [5, 5.41) is 3.37. The molecule has 3 heterocycles. The molecule has 1 N–H and O–H groups in total. The van der Waals surface area contributed by atoms with Gasteiger partial charge in [-0.25, -0.2) is 4.98 Å². The minimum Gasteiger partial charge on any atom is -0.376 e. The Morgan fingerprint density at radius 3 is 2.90 bits per heavy atom. The first kappa shape index (κ1) is 19.1. The third kappa shape index (κ3) is 3.44. The van der Waals surface area contributed by atoms with Crippen molar-refractivity contribution in [2.75, 3.05) is 23.4 Å². The number of rotatable bonds is 5. The monoisotopic (exact) mass is 424 g/mol. The lowest BCUT2D eigenvalue weighted by atomic mass is 10.1. The second-order valence-corrected chi connectivity index (χ2v) is 8.07. The van der Waals surface area contributed by atoms with E-state index in [4.69, 9.17) is 16.3 Å². The Morgan fingerprint density at radius 1 is 1.23 bits per heavy atom. The zero-order valence-corrected chi connectivity index (χ0v) is 17.0. The van der Waals surface area contributed by atoms with Crippen molar-refractivity contribution < 1.29 is 14.3 Å². The SMILES string of the molecule is O=C(C[C@@H]1C(=O)N(C[C@@H]2CCCO2)c2nc3ccccc3n21)Nc1cccc(Cl)c1. The molecule has 1 aromatic heterocycles. The summed E-state index contributed by atoms with van der Waals surface area (Å²) in [7, 11) is 0. The molecule has 0 bridgehead atoms. The van der Waals surface area contributed by atoms with Crippen LogP contribution in [0.1, 0.15) is 25.3 Å². The lowest BCUT2D eigenvalue weighted by Gasteiger charge is -2.19. The predicted molar refractivity (Wildman–Crippen MR) is 115 cm³/mol. The maximum Gasteiger partial charge on any atom is 0.253 e. The summed E-state index contributed by atoms with van der Waals surface area (Å²) in [6, 6.07) is 14.0. The minimum absolute atomic E-state index is 0.00116. The van der Waals surface area contributed by atoms with Gasteiger partial charge >= 0.3 is 0 Å². The highest BCUT2D eigenvalue weighted by molar-refractivity contribution is 6.30. The van der Waals surface area contributed by atoms with Crippen molar-refractivity contribution in [3.05, 3.63) is 53.6 Å². The first-order chi connectivity index (χ1) is 14.6. The minimum atomic E-state index is -0.645. The number of amides is 2. The molecule has 0 radical (unpaired) electrons. The number of imidazole rings is 1. The number of hydrogen-bond donors (Lipinski definition) is 1. The van der Waals surface area contributed by atoms with Crippen LogP contribution in [0.2, 0.25) is 5.02 Å². The molecule has 0 aliphatic carbocycles. The Morgan fingerprint density at radius 2 is 2.10 bits per heavy atom. The second-order valence-electron chi connectivity index (χ2n) is 7.63. The van der Waals surface area contributed by atoms with Crippen molar-refractivity contribution in [1.29, 1.82) is 0 Å². The molecule has 3 aromatic rings. The third-order valence-electron chi connectivity index (χ3n) is 5.58. The Labute approximate surface area is 178 Å². The van der Waals surface area contributed by atoms with Gasteiger partial charge in [-0.1, -0.05) is 29.8 Å². The second kappa shape index (κ2) is 7.74. The number of benzene rings is 2. The summed E-state index contributed by atoms with van der Waals surface area (Å²) < 4.78 is 7.62. The fourth-order valence-electron chi connectivity index (χ4n) is 4.21. The van der Waals surface area contributed by atoms with Crippen molar-refractivity contribution in [1.82, 2.24) is 9.55 Å². The lowest BCUT2D eigenvalue weighted by Crippen LogP contribution is -2.37. The molecule has 1 saturated heterocycles. The normalized spacial score (nSPS) is 20.7. The first-order valence-corrected chi connectivity index (χ1v) is 10.4. The Balaban J connectivity index is 1.44. The van der Waals surface area contributed by atoms with Gasteiger partial charge in [0.05, 0.1) is 30.1 Å². The summed E-state index contributed by atoms with van der Waals surface area (Å²) in [5.41, 5.74) is 2.25. The van der Waals surface area contributed by atoms with Crippen LogP contribution in [-0.4, -0.2) is 40.6 Å². The van der Waals surface area contributed by atoms with Crippen LogP contribution in [0.15, 0.2) is 48.5 Å². The van der Waals surface area contributed by atoms with Crippen LogP contribution in [0.25, 0.3) is 11.0 Å². The van der Waals surface area contributed by atoms with Crippen LogP contribution >= 0.6 is 11.6 Å². The van der Waals surface area contributed by atoms with Gasteiger partial charge in [-0.05, 0) is 43.2 Å². The molecule has 2 aromatic carbocycles. The molecule has 2 amide bonds. The molecule has 30 heavy (non-hydrogen) atoms. The number of para-hydroxylation sites is 2. The van der Waals surface area contributed by atoms with E-state index in [1.165, 1.54) is 0 Å². The summed E-state index contributed by atoms with van der Waals surface area (Å²) >= 11 is 6.00. The van der Waals surface area contributed by atoms with Crippen LogP contribution in [-0.2, 0) is 14.3 Å². The molecule has 0 saturated carbocycles. The van der Waals surface area contributed by atoms with Gasteiger partial charge in [-0.2, -0.15) is 0 Å². The molecule has 2 atom stereocenters.